The molecule has 3 rings (SSSR count). The van der Waals surface area contributed by atoms with Crippen LogP contribution in [0.3, 0.4) is 0 Å². The Balaban J connectivity index is 1.60. The second-order valence-corrected chi connectivity index (χ2v) is 6.86. The molecule has 2 aromatic rings. The molecule has 1 saturated heterocycles. The Morgan fingerprint density at radius 3 is 2.88 bits per heavy atom. The van der Waals surface area contributed by atoms with E-state index in [-0.39, 0.29) is 11.9 Å². The van der Waals surface area contributed by atoms with Crippen LogP contribution in [0.5, 0.6) is 0 Å². The number of aromatic nitrogens is 3. The van der Waals surface area contributed by atoms with Crippen molar-refractivity contribution in [2.24, 2.45) is 0 Å². The number of rotatable bonds is 5. The van der Waals surface area contributed by atoms with Crippen molar-refractivity contribution >= 4 is 23.3 Å². The zero-order valence-electron chi connectivity index (χ0n) is 14.1. The highest BCUT2D eigenvalue weighted by Crippen LogP contribution is 2.30. The van der Waals surface area contributed by atoms with Gasteiger partial charge in [0.05, 0.1) is 11.3 Å². The van der Waals surface area contributed by atoms with Crippen molar-refractivity contribution in [1.82, 2.24) is 19.9 Å². The summed E-state index contributed by atoms with van der Waals surface area (Å²) in [5.41, 5.74) is -0.0688. The Morgan fingerprint density at radius 2 is 2.23 bits per heavy atom. The maximum Gasteiger partial charge on any atom is 0.417 e. The van der Waals surface area contributed by atoms with Crippen molar-refractivity contribution in [3.05, 3.63) is 34.5 Å². The number of hydrogen-bond donors (Lipinski definition) is 1. The first-order valence-corrected chi connectivity index (χ1v) is 9.06. The second kappa shape index (κ2) is 7.56. The van der Waals surface area contributed by atoms with Crippen molar-refractivity contribution in [3.8, 4) is 0 Å². The third-order valence-corrected chi connectivity index (χ3v) is 4.94. The molecule has 0 bridgehead atoms. The van der Waals surface area contributed by atoms with Crippen molar-refractivity contribution in [3.63, 3.8) is 0 Å². The van der Waals surface area contributed by atoms with Crippen LogP contribution in [-0.2, 0) is 12.6 Å². The Kier molecular flexibility index (Phi) is 5.40. The van der Waals surface area contributed by atoms with Gasteiger partial charge >= 0.3 is 6.18 Å². The maximum atomic E-state index is 12.6. The first-order chi connectivity index (χ1) is 12.4. The normalized spacial score (nSPS) is 17.5. The van der Waals surface area contributed by atoms with Gasteiger partial charge in [0.1, 0.15) is 10.7 Å². The van der Waals surface area contributed by atoms with Gasteiger partial charge in [0.2, 0.25) is 0 Å². The molecule has 0 saturated carbocycles. The molecule has 1 atom stereocenters. The lowest BCUT2D eigenvalue weighted by Crippen LogP contribution is -2.37. The molecule has 26 heavy (non-hydrogen) atoms. The minimum atomic E-state index is -4.40. The van der Waals surface area contributed by atoms with Crippen LogP contribution < -0.4 is 10.2 Å². The molecule has 1 fully saturated rings. The molecule has 0 aromatic carbocycles. The van der Waals surface area contributed by atoms with Gasteiger partial charge < -0.3 is 10.2 Å². The van der Waals surface area contributed by atoms with E-state index in [1.54, 1.807) is 0 Å². The summed E-state index contributed by atoms with van der Waals surface area (Å²) in [5, 5.41) is 6.95. The Morgan fingerprint density at radius 1 is 1.42 bits per heavy atom. The molecule has 0 aliphatic carbocycles. The second-order valence-electron chi connectivity index (χ2n) is 6.11. The van der Waals surface area contributed by atoms with E-state index in [0.717, 1.165) is 30.2 Å². The van der Waals surface area contributed by atoms with Gasteiger partial charge in [0, 0.05) is 25.3 Å². The van der Waals surface area contributed by atoms with E-state index in [0.29, 0.717) is 42.3 Å². The number of hydrogen-bond acceptors (Lipinski definition) is 6. The van der Waals surface area contributed by atoms with E-state index < -0.39 is 11.7 Å². The molecular weight excluding hydrogens is 367 g/mol. The predicted octanol–water partition coefficient (Wildman–Crippen LogP) is 2.91. The molecule has 1 amide bonds. The van der Waals surface area contributed by atoms with Gasteiger partial charge in [-0.25, -0.2) is 4.98 Å². The maximum absolute atomic E-state index is 12.6. The molecule has 0 spiro atoms. The van der Waals surface area contributed by atoms with Gasteiger partial charge in [-0.05, 0) is 36.5 Å². The number of alkyl halides is 3. The van der Waals surface area contributed by atoms with Crippen LogP contribution in [0, 0.1) is 0 Å². The fraction of sp³-hybridized carbons (Fsp3) is 0.500. The first-order valence-electron chi connectivity index (χ1n) is 8.28. The van der Waals surface area contributed by atoms with Crippen LogP contribution in [-0.4, -0.2) is 39.6 Å². The summed E-state index contributed by atoms with van der Waals surface area (Å²) in [6.07, 6.45) is -1.29. The third-order valence-electron chi connectivity index (χ3n) is 4.17. The van der Waals surface area contributed by atoms with E-state index in [4.69, 9.17) is 0 Å². The van der Waals surface area contributed by atoms with Gasteiger partial charge in [0.15, 0.2) is 0 Å². The molecule has 1 unspecified atom stereocenters. The number of nitrogens with one attached hydrogen (secondary N) is 1. The van der Waals surface area contributed by atoms with Crippen molar-refractivity contribution in [1.29, 1.82) is 0 Å². The van der Waals surface area contributed by atoms with Gasteiger partial charge in [0.25, 0.3) is 5.91 Å². The number of aryl methyl sites for hydroxylation is 1. The Labute approximate surface area is 152 Å². The van der Waals surface area contributed by atoms with Crippen LogP contribution in [0.2, 0.25) is 0 Å². The molecule has 0 radical (unpaired) electrons. The number of nitrogens with zero attached hydrogens (tertiary/aromatic N) is 4. The van der Waals surface area contributed by atoms with Gasteiger partial charge in [-0.15, -0.1) is 5.10 Å². The molecule has 3 heterocycles. The SMILES string of the molecule is CCCc1nnsc1C(=O)NC1CCN(c2ccc(C(F)(F)F)cn2)C1. The molecule has 6 nitrogen and oxygen atoms in total. The van der Waals surface area contributed by atoms with Crippen LogP contribution >= 0.6 is 11.5 Å². The number of halogens is 3. The predicted molar refractivity (Wildman–Crippen MR) is 91.2 cm³/mol. The highest BCUT2D eigenvalue weighted by molar-refractivity contribution is 7.08. The number of carbonyl (C=O) groups excluding carboxylic acids is 1. The van der Waals surface area contributed by atoms with E-state index in [1.807, 2.05) is 11.8 Å². The minimum absolute atomic E-state index is 0.0943. The summed E-state index contributed by atoms with van der Waals surface area (Å²) in [4.78, 5) is 18.7. The molecule has 1 N–H and O–H groups in total. The summed E-state index contributed by atoms with van der Waals surface area (Å²) in [7, 11) is 0. The third kappa shape index (κ3) is 4.12. The summed E-state index contributed by atoms with van der Waals surface area (Å²) >= 11 is 1.08. The topological polar surface area (TPSA) is 71.0 Å². The smallest absolute Gasteiger partial charge is 0.354 e. The summed E-state index contributed by atoms with van der Waals surface area (Å²) < 4.78 is 41.7. The molecule has 140 valence electrons. The Bertz CT molecular complexity index is 762. The molecule has 1 aliphatic rings. The average Bonchev–Trinajstić information content (AvgIpc) is 3.24. The number of pyridine rings is 1. The number of amides is 1. The van der Waals surface area contributed by atoms with Crippen molar-refractivity contribution in [2.45, 2.75) is 38.4 Å². The fourth-order valence-electron chi connectivity index (χ4n) is 2.86. The van der Waals surface area contributed by atoms with E-state index in [9.17, 15) is 18.0 Å². The Hall–Kier alpha value is -2.23. The van der Waals surface area contributed by atoms with Gasteiger partial charge in [-0.3, -0.25) is 4.79 Å². The highest BCUT2D eigenvalue weighted by atomic mass is 32.1. The standard InChI is InChI=1S/C16H18F3N5OS/c1-2-3-12-14(26-23-22-12)15(25)21-11-6-7-24(9-11)13-5-4-10(8-20-13)16(17,18)19/h4-5,8,11H,2-3,6-7,9H2,1H3,(H,21,25). The number of anilines is 1. The van der Waals surface area contributed by atoms with Crippen LogP contribution in [0.15, 0.2) is 18.3 Å². The van der Waals surface area contributed by atoms with Crippen LogP contribution in [0.1, 0.15) is 40.7 Å². The van der Waals surface area contributed by atoms with Gasteiger partial charge in [-0.2, -0.15) is 13.2 Å². The molecule has 2 aromatic heterocycles. The summed E-state index contributed by atoms with van der Waals surface area (Å²) in [6, 6.07) is 2.29. The zero-order valence-corrected chi connectivity index (χ0v) is 14.9. The lowest BCUT2D eigenvalue weighted by atomic mass is 10.2. The monoisotopic (exact) mass is 385 g/mol. The largest absolute Gasteiger partial charge is 0.417 e. The lowest BCUT2D eigenvalue weighted by molar-refractivity contribution is -0.137. The van der Waals surface area contributed by atoms with Crippen LogP contribution in [0.4, 0.5) is 19.0 Å². The van der Waals surface area contributed by atoms with E-state index in [1.165, 1.54) is 6.07 Å². The molecule has 1 aliphatic heterocycles. The molecule has 10 heteroatoms. The van der Waals surface area contributed by atoms with E-state index in [2.05, 4.69) is 19.9 Å². The fourth-order valence-corrected chi connectivity index (χ4v) is 3.47. The van der Waals surface area contributed by atoms with Crippen molar-refractivity contribution in [2.75, 3.05) is 18.0 Å². The first kappa shape index (κ1) is 18.6. The van der Waals surface area contributed by atoms with Crippen molar-refractivity contribution < 1.29 is 18.0 Å². The molecular formula is C16H18F3N5OS. The quantitative estimate of drug-likeness (QED) is 0.857. The minimum Gasteiger partial charge on any atom is -0.354 e. The highest BCUT2D eigenvalue weighted by Gasteiger charge is 2.32. The zero-order chi connectivity index (χ0) is 18.7. The van der Waals surface area contributed by atoms with E-state index >= 15 is 0 Å². The van der Waals surface area contributed by atoms with Crippen LogP contribution in [0.25, 0.3) is 0 Å². The number of carbonyl (C=O) groups is 1. The lowest BCUT2D eigenvalue weighted by Gasteiger charge is -2.18. The summed E-state index contributed by atoms with van der Waals surface area (Å²) in [5.74, 6) is 0.275. The average molecular weight is 385 g/mol. The summed E-state index contributed by atoms with van der Waals surface area (Å²) in [6.45, 7) is 3.12. The van der Waals surface area contributed by atoms with Gasteiger partial charge in [-0.1, -0.05) is 17.8 Å².